The molecule has 0 amide bonds. The lowest BCUT2D eigenvalue weighted by Gasteiger charge is -2.18. The zero-order valence-electron chi connectivity index (χ0n) is 9.22. The molecule has 0 aromatic carbocycles. The predicted octanol–water partition coefficient (Wildman–Crippen LogP) is 0.992. The van der Waals surface area contributed by atoms with E-state index in [1.165, 1.54) is 0 Å². The van der Waals surface area contributed by atoms with Gasteiger partial charge in [-0.15, -0.1) is 0 Å². The molecule has 4 heteroatoms. The molecule has 2 unspecified atom stereocenters. The van der Waals surface area contributed by atoms with E-state index in [4.69, 9.17) is 0 Å². The maximum Gasteiger partial charge on any atom is 0.132 e. The molecule has 0 bridgehead atoms. The van der Waals surface area contributed by atoms with Gasteiger partial charge in [0.15, 0.2) is 0 Å². The molecule has 0 saturated carbocycles. The van der Waals surface area contributed by atoms with E-state index in [1.807, 2.05) is 19.9 Å². The predicted molar refractivity (Wildman–Crippen MR) is 58.8 cm³/mol. The van der Waals surface area contributed by atoms with Crippen molar-refractivity contribution in [2.45, 2.75) is 26.4 Å². The van der Waals surface area contributed by atoms with Gasteiger partial charge in [-0.25, -0.2) is 9.97 Å². The summed E-state index contributed by atoms with van der Waals surface area (Å²) in [7, 11) is 0. The smallest absolute Gasteiger partial charge is 0.132 e. The third kappa shape index (κ3) is 2.26. The summed E-state index contributed by atoms with van der Waals surface area (Å²) in [6, 6.07) is 1.99. The molecule has 2 atom stereocenters. The quantitative estimate of drug-likeness (QED) is 0.785. The van der Waals surface area contributed by atoms with Gasteiger partial charge in [0.1, 0.15) is 12.1 Å². The van der Waals surface area contributed by atoms with Gasteiger partial charge in [-0.3, -0.25) is 0 Å². The van der Waals surface area contributed by atoms with Gasteiger partial charge in [-0.2, -0.15) is 0 Å². The van der Waals surface area contributed by atoms with Gasteiger partial charge in [0.2, 0.25) is 0 Å². The van der Waals surface area contributed by atoms with Crippen molar-refractivity contribution in [2.75, 3.05) is 18.0 Å². The molecule has 2 rings (SSSR count). The highest BCUT2D eigenvalue weighted by Gasteiger charge is 2.26. The van der Waals surface area contributed by atoms with Gasteiger partial charge in [0.05, 0.1) is 6.10 Å². The molecule has 1 aromatic rings. The number of rotatable bonds is 2. The minimum Gasteiger partial charge on any atom is -0.393 e. The van der Waals surface area contributed by atoms with Crippen molar-refractivity contribution in [1.29, 1.82) is 0 Å². The molecule has 0 radical (unpaired) electrons. The molecule has 82 valence electrons. The normalized spacial score (nSPS) is 23.1. The van der Waals surface area contributed by atoms with Crippen molar-refractivity contribution >= 4 is 5.82 Å². The molecule has 4 nitrogen and oxygen atoms in total. The first kappa shape index (κ1) is 10.4. The number of nitrogens with zero attached hydrogens (tertiary/aromatic N) is 3. The van der Waals surface area contributed by atoms with Crippen LogP contribution in [0, 0.1) is 12.8 Å². The van der Waals surface area contributed by atoms with E-state index in [1.54, 1.807) is 6.33 Å². The van der Waals surface area contributed by atoms with Crippen LogP contribution in [0.5, 0.6) is 0 Å². The Labute approximate surface area is 90.0 Å². The van der Waals surface area contributed by atoms with Gasteiger partial charge in [0.25, 0.3) is 0 Å². The van der Waals surface area contributed by atoms with Crippen LogP contribution >= 0.6 is 0 Å². The van der Waals surface area contributed by atoms with Gasteiger partial charge < -0.3 is 10.0 Å². The molecule has 1 aromatic heterocycles. The molecule has 1 N–H and O–H groups in total. The molecule has 1 saturated heterocycles. The first-order chi connectivity index (χ1) is 7.16. The second-order valence-corrected chi connectivity index (χ2v) is 4.25. The van der Waals surface area contributed by atoms with Crippen LogP contribution in [0.3, 0.4) is 0 Å². The highest BCUT2D eigenvalue weighted by Crippen LogP contribution is 2.24. The Morgan fingerprint density at radius 1 is 1.53 bits per heavy atom. The first-order valence-corrected chi connectivity index (χ1v) is 5.38. The summed E-state index contributed by atoms with van der Waals surface area (Å²) < 4.78 is 0. The summed E-state index contributed by atoms with van der Waals surface area (Å²) in [4.78, 5) is 10.5. The molecule has 2 heterocycles. The standard InChI is InChI=1S/C11H17N3O/c1-8-5-11(13-7-12-8)14-4-3-10(6-14)9(2)15/h5,7,9-10,15H,3-4,6H2,1-2H3. The first-order valence-electron chi connectivity index (χ1n) is 5.38. The Bertz CT molecular complexity index is 340. The maximum absolute atomic E-state index is 9.51. The Hall–Kier alpha value is -1.16. The Morgan fingerprint density at radius 2 is 2.33 bits per heavy atom. The Morgan fingerprint density at radius 3 is 2.93 bits per heavy atom. The van der Waals surface area contributed by atoms with Gasteiger partial charge in [-0.05, 0) is 20.3 Å². The van der Waals surface area contributed by atoms with E-state index in [2.05, 4.69) is 14.9 Å². The topological polar surface area (TPSA) is 49.2 Å². The summed E-state index contributed by atoms with van der Waals surface area (Å²) in [5.41, 5.74) is 0.987. The molecule has 0 aliphatic carbocycles. The van der Waals surface area contributed by atoms with E-state index in [0.717, 1.165) is 31.0 Å². The molecule has 0 spiro atoms. The number of hydrogen-bond donors (Lipinski definition) is 1. The summed E-state index contributed by atoms with van der Waals surface area (Å²) in [6.45, 7) is 5.70. The van der Waals surface area contributed by atoms with Crippen LogP contribution < -0.4 is 4.90 Å². The van der Waals surface area contributed by atoms with Crippen molar-refractivity contribution in [3.05, 3.63) is 18.1 Å². The molecular formula is C11H17N3O. The number of aryl methyl sites for hydroxylation is 1. The Kier molecular flexibility index (Phi) is 2.86. The third-order valence-electron chi connectivity index (χ3n) is 3.02. The Balaban J connectivity index is 2.08. The van der Waals surface area contributed by atoms with Crippen molar-refractivity contribution < 1.29 is 5.11 Å². The summed E-state index contributed by atoms with van der Waals surface area (Å²) in [5.74, 6) is 1.35. The lowest BCUT2D eigenvalue weighted by Crippen LogP contribution is -2.24. The van der Waals surface area contributed by atoms with Crippen LogP contribution in [0.1, 0.15) is 19.0 Å². The van der Waals surface area contributed by atoms with Crippen LogP contribution in [-0.2, 0) is 0 Å². The minimum absolute atomic E-state index is 0.224. The zero-order chi connectivity index (χ0) is 10.8. The average molecular weight is 207 g/mol. The number of aromatic nitrogens is 2. The minimum atomic E-state index is -0.224. The van der Waals surface area contributed by atoms with Crippen LogP contribution in [0.4, 0.5) is 5.82 Å². The molecule has 1 aliphatic heterocycles. The summed E-state index contributed by atoms with van der Waals surface area (Å²) in [6.07, 6.45) is 2.42. The van der Waals surface area contributed by atoms with E-state index in [-0.39, 0.29) is 6.10 Å². The monoisotopic (exact) mass is 207 g/mol. The molecular weight excluding hydrogens is 190 g/mol. The SMILES string of the molecule is Cc1cc(N2CCC(C(C)O)C2)ncn1. The lowest BCUT2D eigenvalue weighted by molar-refractivity contribution is 0.136. The van der Waals surface area contributed by atoms with Gasteiger partial charge in [0, 0.05) is 30.8 Å². The maximum atomic E-state index is 9.51. The second-order valence-electron chi connectivity index (χ2n) is 4.25. The number of aliphatic hydroxyl groups is 1. The van der Waals surface area contributed by atoms with Crippen LogP contribution in [-0.4, -0.2) is 34.3 Å². The fraction of sp³-hybridized carbons (Fsp3) is 0.636. The average Bonchev–Trinajstić information content (AvgIpc) is 2.66. The number of aliphatic hydroxyl groups excluding tert-OH is 1. The van der Waals surface area contributed by atoms with Crippen LogP contribution in [0.25, 0.3) is 0 Å². The lowest BCUT2D eigenvalue weighted by atomic mass is 10.0. The summed E-state index contributed by atoms with van der Waals surface area (Å²) >= 11 is 0. The summed E-state index contributed by atoms with van der Waals surface area (Å²) in [5, 5.41) is 9.51. The zero-order valence-corrected chi connectivity index (χ0v) is 9.22. The number of hydrogen-bond acceptors (Lipinski definition) is 4. The van der Waals surface area contributed by atoms with Gasteiger partial charge in [-0.1, -0.05) is 0 Å². The molecule has 1 fully saturated rings. The second kappa shape index (κ2) is 4.14. The van der Waals surface area contributed by atoms with Crippen molar-refractivity contribution in [3.8, 4) is 0 Å². The van der Waals surface area contributed by atoms with E-state index < -0.39 is 0 Å². The van der Waals surface area contributed by atoms with E-state index in [0.29, 0.717) is 5.92 Å². The molecule has 1 aliphatic rings. The third-order valence-corrected chi connectivity index (χ3v) is 3.02. The highest BCUT2D eigenvalue weighted by molar-refractivity contribution is 5.39. The highest BCUT2D eigenvalue weighted by atomic mass is 16.3. The van der Waals surface area contributed by atoms with Crippen LogP contribution in [0.15, 0.2) is 12.4 Å². The van der Waals surface area contributed by atoms with E-state index in [9.17, 15) is 5.11 Å². The van der Waals surface area contributed by atoms with Crippen molar-refractivity contribution in [3.63, 3.8) is 0 Å². The van der Waals surface area contributed by atoms with Crippen molar-refractivity contribution in [2.24, 2.45) is 5.92 Å². The van der Waals surface area contributed by atoms with Crippen LogP contribution in [0.2, 0.25) is 0 Å². The number of anilines is 1. The fourth-order valence-corrected chi connectivity index (χ4v) is 2.00. The molecule has 15 heavy (non-hydrogen) atoms. The van der Waals surface area contributed by atoms with Gasteiger partial charge >= 0.3 is 0 Å². The van der Waals surface area contributed by atoms with E-state index >= 15 is 0 Å². The largest absolute Gasteiger partial charge is 0.393 e. The fourth-order valence-electron chi connectivity index (χ4n) is 2.00. The van der Waals surface area contributed by atoms with Crippen molar-refractivity contribution in [1.82, 2.24) is 9.97 Å².